The fourth-order valence-electron chi connectivity index (χ4n) is 3.90. The monoisotopic (exact) mass is 575 g/mol. The van der Waals surface area contributed by atoms with Crippen molar-refractivity contribution in [2.24, 2.45) is 0 Å². The molecule has 1 saturated heterocycles. The molecule has 0 aliphatic carbocycles. The predicted molar refractivity (Wildman–Crippen MR) is 151 cm³/mol. The fraction of sp³-hybridized carbons (Fsp3) is 0.385. The highest BCUT2D eigenvalue weighted by atomic mass is 35.5. The van der Waals surface area contributed by atoms with E-state index >= 15 is 0 Å². The summed E-state index contributed by atoms with van der Waals surface area (Å²) < 4.78 is 14.5. The van der Waals surface area contributed by atoms with Gasteiger partial charge < -0.3 is 30.6 Å². The number of aromatic nitrogens is 3. The number of thioether (sulfide) groups is 1. The van der Waals surface area contributed by atoms with Gasteiger partial charge in [-0.15, -0.1) is 10.2 Å². The summed E-state index contributed by atoms with van der Waals surface area (Å²) in [5.74, 6) is -0.0647. The van der Waals surface area contributed by atoms with Crippen LogP contribution in [0, 0.1) is 5.82 Å². The quantitative estimate of drug-likeness (QED) is 0.253. The van der Waals surface area contributed by atoms with Crippen molar-refractivity contribution in [1.29, 1.82) is 0 Å². The van der Waals surface area contributed by atoms with Gasteiger partial charge in [0.25, 0.3) is 0 Å². The fourth-order valence-corrected chi connectivity index (χ4v) is 4.89. The van der Waals surface area contributed by atoms with Crippen molar-refractivity contribution in [2.45, 2.75) is 17.6 Å². The first kappa shape index (κ1) is 29.1. The van der Waals surface area contributed by atoms with Gasteiger partial charge in [0.15, 0.2) is 0 Å². The number of carbonyl (C=O) groups is 1. The zero-order valence-corrected chi connectivity index (χ0v) is 23.1. The molecule has 0 bridgehead atoms. The van der Waals surface area contributed by atoms with Gasteiger partial charge in [0.2, 0.25) is 5.91 Å². The molecule has 1 atom stereocenters. The first-order valence-electron chi connectivity index (χ1n) is 12.5. The Morgan fingerprint density at radius 1 is 1.18 bits per heavy atom. The summed E-state index contributed by atoms with van der Waals surface area (Å²) >= 11 is 7.25. The maximum absolute atomic E-state index is 14.5. The average molecular weight is 576 g/mol. The van der Waals surface area contributed by atoms with Crippen LogP contribution >= 0.6 is 23.4 Å². The molecule has 1 unspecified atom stereocenters. The van der Waals surface area contributed by atoms with Gasteiger partial charge in [0.05, 0.1) is 24.1 Å². The molecule has 1 aliphatic heterocycles. The Kier molecular flexibility index (Phi) is 10.4. The van der Waals surface area contributed by atoms with Gasteiger partial charge in [0, 0.05) is 73.4 Å². The molecule has 1 aromatic carbocycles. The molecule has 39 heavy (non-hydrogen) atoms. The van der Waals surface area contributed by atoms with Crippen LogP contribution in [0.4, 0.5) is 21.6 Å². The number of halogens is 2. The SMILES string of the molecule is CN1CCN(CCC(=O)Nc2cc(Nc3cc(-c4cc(Cl)ccc4F)nnc3SCC(O)CO)ccn2)CC1. The third kappa shape index (κ3) is 8.56. The maximum Gasteiger partial charge on any atom is 0.226 e. The van der Waals surface area contributed by atoms with E-state index in [-0.39, 0.29) is 22.9 Å². The molecule has 4 rings (SSSR count). The van der Waals surface area contributed by atoms with Crippen LogP contribution in [-0.2, 0) is 4.79 Å². The van der Waals surface area contributed by atoms with Crippen LogP contribution in [-0.4, -0.2) is 99.3 Å². The Hall–Kier alpha value is -2.87. The van der Waals surface area contributed by atoms with Crippen LogP contribution < -0.4 is 10.6 Å². The molecule has 13 heteroatoms. The lowest BCUT2D eigenvalue weighted by Gasteiger charge is -2.32. The smallest absolute Gasteiger partial charge is 0.226 e. The summed E-state index contributed by atoms with van der Waals surface area (Å²) in [5.41, 5.74) is 1.55. The summed E-state index contributed by atoms with van der Waals surface area (Å²) in [7, 11) is 2.09. The number of anilines is 3. The molecule has 0 radical (unpaired) electrons. The zero-order chi connectivity index (χ0) is 27.8. The number of piperazine rings is 1. The number of hydrogen-bond acceptors (Lipinski definition) is 10. The molecular formula is C26H31ClFN7O3S. The molecule has 3 heterocycles. The van der Waals surface area contributed by atoms with Crippen LogP contribution in [0.3, 0.4) is 0 Å². The van der Waals surface area contributed by atoms with Gasteiger partial charge in [-0.1, -0.05) is 23.4 Å². The minimum atomic E-state index is -0.941. The van der Waals surface area contributed by atoms with Crippen LogP contribution in [0.2, 0.25) is 5.02 Å². The van der Waals surface area contributed by atoms with Crippen molar-refractivity contribution in [2.75, 3.05) is 62.8 Å². The Labute approximate surface area is 235 Å². The summed E-state index contributed by atoms with van der Waals surface area (Å²) in [6.07, 6.45) is 0.982. The zero-order valence-electron chi connectivity index (χ0n) is 21.5. The molecule has 4 N–H and O–H groups in total. The van der Waals surface area contributed by atoms with E-state index in [1.807, 2.05) is 0 Å². The highest BCUT2D eigenvalue weighted by Crippen LogP contribution is 2.33. The second-order valence-electron chi connectivity index (χ2n) is 9.22. The van der Waals surface area contributed by atoms with Crippen LogP contribution in [0.1, 0.15) is 6.42 Å². The number of amides is 1. The lowest BCUT2D eigenvalue weighted by atomic mass is 10.1. The number of likely N-dealkylation sites (N-methyl/N-ethyl adjacent to an activating group) is 1. The highest BCUT2D eigenvalue weighted by molar-refractivity contribution is 7.99. The largest absolute Gasteiger partial charge is 0.394 e. The molecule has 2 aromatic heterocycles. The molecule has 0 spiro atoms. The first-order valence-corrected chi connectivity index (χ1v) is 13.9. The third-order valence-electron chi connectivity index (χ3n) is 6.14. The summed E-state index contributed by atoms with van der Waals surface area (Å²) in [4.78, 5) is 21.4. The van der Waals surface area contributed by atoms with Crippen LogP contribution in [0.15, 0.2) is 47.6 Å². The van der Waals surface area contributed by atoms with Crippen molar-refractivity contribution in [3.05, 3.63) is 53.4 Å². The van der Waals surface area contributed by atoms with Crippen molar-refractivity contribution >= 4 is 46.5 Å². The molecule has 208 valence electrons. The van der Waals surface area contributed by atoms with E-state index in [2.05, 4.69) is 42.7 Å². The van der Waals surface area contributed by atoms with E-state index < -0.39 is 18.5 Å². The average Bonchev–Trinajstić information content (AvgIpc) is 2.93. The van der Waals surface area contributed by atoms with Gasteiger partial charge in [-0.2, -0.15) is 0 Å². The summed E-state index contributed by atoms with van der Waals surface area (Å²) in [6, 6.07) is 9.21. The van der Waals surface area contributed by atoms with E-state index in [0.29, 0.717) is 40.2 Å². The maximum atomic E-state index is 14.5. The molecule has 10 nitrogen and oxygen atoms in total. The lowest BCUT2D eigenvalue weighted by molar-refractivity contribution is -0.116. The molecule has 3 aromatic rings. The van der Waals surface area contributed by atoms with E-state index in [0.717, 1.165) is 26.2 Å². The molecular weight excluding hydrogens is 545 g/mol. The molecule has 1 fully saturated rings. The highest BCUT2D eigenvalue weighted by Gasteiger charge is 2.17. The van der Waals surface area contributed by atoms with Crippen molar-refractivity contribution in [3.8, 4) is 11.3 Å². The van der Waals surface area contributed by atoms with Crippen molar-refractivity contribution in [1.82, 2.24) is 25.0 Å². The number of rotatable bonds is 11. The normalized spacial score (nSPS) is 15.2. The van der Waals surface area contributed by atoms with Crippen molar-refractivity contribution in [3.63, 3.8) is 0 Å². The minimum absolute atomic E-state index is 0.128. The number of carbonyl (C=O) groups excluding carboxylic acids is 1. The van der Waals surface area contributed by atoms with Gasteiger partial charge in [-0.3, -0.25) is 4.79 Å². The Morgan fingerprint density at radius 3 is 2.74 bits per heavy atom. The van der Waals surface area contributed by atoms with Crippen molar-refractivity contribution < 1.29 is 19.4 Å². The minimum Gasteiger partial charge on any atom is -0.394 e. The number of hydrogen-bond donors (Lipinski definition) is 4. The van der Waals surface area contributed by atoms with E-state index in [9.17, 15) is 19.4 Å². The molecule has 1 aliphatic rings. The number of nitrogens with zero attached hydrogens (tertiary/aromatic N) is 5. The topological polar surface area (TPSA) is 127 Å². The molecule has 1 amide bonds. The Bertz CT molecular complexity index is 1280. The second-order valence-corrected chi connectivity index (χ2v) is 10.7. The van der Waals surface area contributed by atoms with Gasteiger partial charge in [-0.05, 0) is 37.4 Å². The van der Waals surface area contributed by atoms with E-state index in [1.54, 1.807) is 24.4 Å². The molecule has 0 saturated carbocycles. The van der Waals surface area contributed by atoms with E-state index in [4.69, 9.17) is 11.6 Å². The Morgan fingerprint density at radius 2 is 1.97 bits per heavy atom. The summed E-state index contributed by atoms with van der Waals surface area (Å²) in [5, 5.41) is 34.2. The number of benzene rings is 1. The predicted octanol–water partition coefficient (Wildman–Crippen LogP) is 3.10. The van der Waals surface area contributed by atoms with Crippen LogP contribution in [0.5, 0.6) is 0 Å². The lowest BCUT2D eigenvalue weighted by Crippen LogP contribution is -2.45. The van der Waals surface area contributed by atoms with E-state index in [1.165, 1.54) is 30.0 Å². The van der Waals surface area contributed by atoms with Gasteiger partial charge in [0.1, 0.15) is 16.7 Å². The van der Waals surface area contributed by atoms with Gasteiger partial charge in [-0.25, -0.2) is 9.37 Å². The first-order chi connectivity index (χ1) is 18.8. The third-order valence-corrected chi connectivity index (χ3v) is 7.51. The number of aliphatic hydroxyl groups is 2. The second kappa shape index (κ2) is 14.0. The Balaban J connectivity index is 1.48. The van der Waals surface area contributed by atoms with Crippen LogP contribution in [0.25, 0.3) is 11.3 Å². The number of nitrogens with one attached hydrogen (secondary N) is 2. The van der Waals surface area contributed by atoms with Gasteiger partial charge >= 0.3 is 0 Å². The standard InChI is InChI=1S/C26H31ClFN7O3S/c1-34-8-10-35(11-9-34)7-5-25(38)31-24-13-18(4-6-29-24)30-23-14-22(20-12-17(27)2-3-21(20)28)32-33-26(23)39-16-19(37)15-36/h2-4,6,12-14,19,36-37H,5,7-11,15-16H2,1H3,(H2,29,30,31,32,38). The summed E-state index contributed by atoms with van der Waals surface area (Å²) in [6.45, 7) is 4.16. The number of aliphatic hydroxyl groups excluding tert-OH is 2. The number of pyridine rings is 1.